The Labute approximate surface area is 189 Å². The highest BCUT2D eigenvalue weighted by Gasteiger charge is 2.15. The van der Waals surface area contributed by atoms with Crippen molar-refractivity contribution in [1.29, 1.82) is 0 Å². The molecule has 10 heteroatoms. The van der Waals surface area contributed by atoms with Gasteiger partial charge in [-0.05, 0) is 47.8 Å². The number of alkyl halides is 2. The minimum Gasteiger partial charge on any atom is -0.434 e. The maximum Gasteiger partial charge on any atom is 0.387 e. The van der Waals surface area contributed by atoms with E-state index in [1.807, 2.05) is 5.38 Å². The van der Waals surface area contributed by atoms with Gasteiger partial charge in [0.25, 0.3) is 11.8 Å². The van der Waals surface area contributed by atoms with Gasteiger partial charge in [0.1, 0.15) is 5.75 Å². The second kappa shape index (κ2) is 9.67. The number of ether oxygens (including phenoxy) is 1. The van der Waals surface area contributed by atoms with E-state index in [9.17, 15) is 18.4 Å². The molecule has 0 aliphatic carbocycles. The number of carbonyl (C=O) groups is 2. The fourth-order valence-corrected chi connectivity index (χ4v) is 4.13. The predicted octanol–water partition coefficient (Wildman–Crippen LogP) is 5.98. The Morgan fingerprint density at radius 3 is 2.41 bits per heavy atom. The van der Waals surface area contributed by atoms with Crippen LogP contribution in [0.1, 0.15) is 20.0 Å². The lowest BCUT2D eigenvalue weighted by Gasteiger charge is -2.08. The number of para-hydroxylation sites is 1. The Morgan fingerprint density at radius 2 is 1.69 bits per heavy atom. The number of hydrogen-bond acceptors (Lipinski definition) is 6. The van der Waals surface area contributed by atoms with Crippen molar-refractivity contribution in [1.82, 2.24) is 4.98 Å². The van der Waals surface area contributed by atoms with Gasteiger partial charge >= 0.3 is 6.61 Å². The summed E-state index contributed by atoms with van der Waals surface area (Å²) in [5, 5.41) is 9.22. The number of nitrogens with one attached hydrogen (secondary N) is 2. The van der Waals surface area contributed by atoms with E-state index >= 15 is 0 Å². The average molecular weight is 472 g/mol. The molecule has 0 aliphatic heterocycles. The first-order valence-electron chi connectivity index (χ1n) is 9.25. The normalized spacial score (nSPS) is 10.7. The van der Waals surface area contributed by atoms with Crippen molar-refractivity contribution < 1.29 is 23.1 Å². The average Bonchev–Trinajstić information content (AvgIpc) is 3.47. The topological polar surface area (TPSA) is 80.3 Å². The van der Waals surface area contributed by atoms with Crippen LogP contribution in [0.5, 0.6) is 5.75 Å². The summed E-state index contributed by atoms with van der Waals surface area (Å²) in [5.74, 6) is -0.603. The molecule has 0 saturated heterocycles. The number of hydrogen-bond donors (Lipinski definition) is 2. The van der Waals surface area contributed by atoms with Crippen LogP contribution in [-0.2, 0) is 0 Å². The zero-order chi connectivity index (χ0) is 22.5. The first-order valence-corrected chi connectivity index (χ1v) is 11.0. The van der Waals surface area contributed by atoms with Gasteiger partial charge in [-0.25, -0.2) is 4.98 Å². The van der Waals surface area contributed by atoms with Gasteiger partial charge in [0.15, 0.2) is 5.13 Å². The molecular formula is C22H15F2N3O3S2. The molecule has 2 heterocycles. The fraction of sp³-hybridized carbons (Fsp3) is 0.0455. The second-order valence-corrected chi connectivity index (χ2v) is 8.18. The molecule has 2 amide bonds. The number of thiazole rings is 1. The fourth-order valence-electron chi connectivity index (χ4n) is 2.81. The van der Waals surface area contributed by atoms with Gasteiger partial charge in [-0.2, -0.15) is 8.78 Å². The molecule has 32 heavy (non-hydrogen) atoms. The Hall–Kier alpha value is -3.63. The lowest BCUT2D eigenvalue weighted by Crippen LogP contribution is -2.13. The summed E-state index contributed by atoms with van der Waals surface area (Å²) in [6.07, 6.45) is 0. The molecule has 162 valence electrons. The minimum atomic E-state index is -2.95. The molecule has 0 saturated carbocycles. The summed E-state index contributed by atoms with van der Waals surface area (Å²) in [6.45, 7) is -2.95. The molecular weight excluding hydrogens is 456 g/mol. The number of anilines is 2. The van der Waals surface area contributed by atoms with Gasteiger partial charge in [0.2, 0.25) is 0 Å². The van der Waals surface area contributed by atoms with Crippen LogP contribution in [0.25, 0.3) is 11.3 Å². The number of benzene rings is 2. The molecule has 0 bridgehead atoms. The van der Waals surface area contributed by atoms with E-state index in [2.05, 4.69) is 20.4 Å². The second-order valence-electron chi connectivity index (χ2n) is 6.38. The summed E-state index contributed by atoms with van der Waals surface area (Å²) in [4.78, 5) is 29.5. The van der Waals surface area contributed by atoms with Crippen LogP contribution in [0.4, 0.5) is 19.6 Å². The monoisotopic (exact) mass is 471 g/mol. The molecule has 2 N–H and O–H groups in total. The number of amides is 2. The number of carbonyl (C=O) groups excluding carboxylic acids is 2. The largest absolute Gasteiger partial charge is 0.434 e. The van der Waals surface area contributed by atoms with Crippen molar-refractivity contribution in [3.05, 3.63) is 81.9 Å². The molecule has 0 unspecified atom stereocenters. The zero-order valence-corrected chi connectivity index (χ0v) is 17.9. The minimum absolute atomic E-state index is 0.00543. The molecule has 6 nitrogen and oxygen atoms in total. The van der Waals surface area contributed by atoms with Crippen LogP contribution in [0.2, 0.25) is 0 Å². The van der Waals surface area contributed by atoms with E-state index in [1.165, 1.54) is 17.4 Å². The van der Waals surface area contributed by atoms with Crippen molar-refractivity contribution in [3.63, 3.8) is 0 Å². The van der Waals surface area contributed by atoms with Crippen LogP contribution in [0, 0.1) is 0 Å². The van der Waals surface area contributed by atoms with Gasteiger partial charge in [-0.15, -0.1) is 22.7 Å². The first kappa shape index (κ1) is 21.6. The van der Waals surface area contributed by atoms with E-state index in [0.29, 0.717) is 32.5 Å². The Bertz CT molecular complexity index is 1230. The van der Waals surface area contributed by atoms with Gasteiger partial charge < -0.3 is 10.1 Å². The molecule has 2 aromatic carbocycles. The van der Waals surface area contributed by atoms with Crippen LogP contribution < -0.4 is 15.4 Å². The number of nitrogens with zero attached hydrogens (tertiary/aromatic N) is 1. The van der Waals surface area contributed by atoms with E-state index < -0.39 is 6.61 Å². The predicted molar refractivity (Wildman–Crippen MR) is 121 cm³/mol. The third kappa shape index (κ3) is 5.16. The SMILES string of the molecule is O=C(Nc1nc(-c2ccccc2OC(F)F)cs1)c1ccc(NC(=O)c2cccs2)cc1. The highest BCUT2D eigenvalue weighted by Crippen LogP contribution is 2.33. The van der Waals surface area contributed by atoms with Crippen LogP contribution in [0.15, 0.2) is 71.4 Å². The summed E-state index contributed by atoms with van der Waals surface area (Å²) in [7, 11) is 0. The van der Waals surface area contributed by atoms with Gasteiger partial charge in [-0.3, -0.25) is 14.9 Å². The van der Waals surface area contributed by atoms with Gasteiger partial charge in [0.05, 0.1) is 10.6 Å². The van der Waals surface area contributed by atoms with E-state index in [0.717, 1.165) is 11.3 Å². The standard InChI is InChI=1S/C22H15F2N3O3S2/c23-21(24)30-17-5-2-1-4-15(17)16-12-32-22(26-16)27-19(28)13-7-9-14(10-8-13)25-20(29)18-6-3-11-31-18/h1-12,21H,(H,25,29)(H,26,27,28). The molecule has 0 spiro atoms. The molecule has 4 aromatic rings. The maximum atomic E-state index is 12.6. The number of rotatable bonds is 7. The van der Waals surface area contributed by atoms with Crippen molar-refractivity contribution >= 4 is 45.3 Å². The maximum absolute atomic E-state index is 12.6. The summed E-state index contributed by atoms with van der Waals surface area (Å²) in [5.41, 5.74) is 1.74. The Morgan fingerprint density at radius 1 is 0.906 bits per heavy atom. The van der Waals surface area contributed by atoms with Crippen molar-refractivity contribution in [2.75, 3.05) is 10.6 Å². The lowest BCUT2D eigenvalue weighted by molar-refractivity contribution is -0.0494. The molecule has 4 rings (SSSR count). The number of aromatic nitrogens is 1. The number of halogens is 2. The summed E-state index contributed by atoms with van der Waals surface area (Å²) >= 11 is 2.50. The quantitative estimate of drug-likeness (QED) is 0.348. The molecule has 0 aliphatic rings. The Kier molecular flexibility index (Phi) is 6.52. The van der Waals surface area contributed by atoms with E-state index in [4.69, 9.17) is 0 Å². The Balaban J connectivity index is 1.42. The third-order valence-corrected chi connectivity index (χ3v) is 5.88. The molecule has 0 fully saturated rings. The van der Waals surface area contributed by atoms with Crippen molar-refractivity contribution in [2.45, 2.75) is 6.61 Å². The third-order valence-electron chi connectivity index (χ3n) is 4.25. The summed E-state index contributed by atoms with van der Waals surface area (Å²) < 4.78 is 29.8. The molecule has 0 atom stereocenters. The smallest absolute Gasteiger partial charge is 0.387 e. The lowest BCUT2D eigenvalue weighted by atomic mass is 10.1. The van der Waals surface area contributed by atoms with E-state index in [1.54, 1.807) is 60.0 Å². The first-order chi connectivity index (χ1) is 15.5. The van der Waals surface area contributed by atoms with Gasteiger partial charge in [-0.1, -0.05) is 18.2 Å². The van der Waals surface area contributed by atoms with Crippen LogP contribution in [-0.4, -0.2) is 23.4 Å². The highest BCUT2D eigenvalue weighted by molar-refractivity contribution is 7.14. The van der Waals surface area contributed by atoms with E-state index in [-0.39, 0.29) is 17.6 Å². The van der Waals surface area contributed by atoms with Crippen LogP contribution in [0.3, 0.4) is 0 Å². The molecule has 0 radical (unpaired) electrons. The van der Waals surface area contributed by atoms with Crippen molar-refractivity contribution in [3.8, 4) is 17.0 Å². The number of thiophene rings is 1. The van der Waals surface area contributed by atoms with Gasteiger partial charge in [0, 0.05) is 22.2 Å². The van der Waals surface area contributed by atoms with Crippen LogP contribution >= 0.6 is 22.7 Å². The molecule has 2 aromatic heterocycles. The summed E-state index contributed by atoms with van der Waals surface area (Å²) in [6, 6.07) is 16.3. The zero-order valence-electron chi connectivity index (χ0n) is 16.2. The highest BCUT2D eigenvalue weighted by atomic mass is 32.1. The van der Waals surface area contributed by atoms with Crippen molar-refractivity contribution in [2.24, 2.45) is 0 Å².